The molecule has 0 bridgehead atoms. The first kappa shape index (κ1) is 14.7. The van der Waals surface area contributed by atoms with Crippen LogP contribution >= 0.6 is 0 Å². The highest BCUT2D eigenvalue weighted by Crippen LogP contribution is 2.18. The Kier molecular flexibility index (Phi) is 4.85. The quantitative estimate of drug-likeness (QED) is 0.851. The highest BCUT2D eigenvalue weighted by atomic mass is 19.1. The van der Waals surface area contributed by atoms with Crippen molar-refractivity contribution in [2.24, 2.45) is 0 Å². The van der Waals surface area contributed by atoms with E-state index >= 15 is 0 Å². The molecule has 0 aliphatic rings. The van der Waals surface area contributed by atoms with Crippen molar-refractivity contribution in [3.8, 4) is 0 Å². The Morgan fingerprint density at radius 1 is 0.900 bits per heavy atom. The summed E-state index contributed by atoms with van der Waals surface area (Å²) in [5.41, 5.74) is 1.88. The molecule has 2 atom stereocenters. The first-order valence-corrected chi connectivity index (χ1v) is 6.80. The van der Waals surface area contributed by atoms with Gasteiger partial charge in [-0.15, -0.1) is 0 Å². The fourth-order valence-corrected chi connectivity index (χ4v) is 2.20. The molecule has 2 aromatic rings. The Bertz CT molecular complexity index is 534. The van der Waals surface area contributed by atoms with Gasteiger partial charge in [-0.2, -0.15) is 0 Å². The standard InChI is InChI=1S/C17H19F2N/c1-12(14-6-4-3-5-7-14)11-20-13(2)15-8-16(18)10-17(19)9-15/h3-10,12-13,20H,11H2,1-2H3. The van der Waals surface area contributed by atoms with E-state index in [1.54, 1.807) is 0 Å². The third kappa shape index (κ3) is 3.87. The van der Waals surface area contributed by atoms with Crippen LogP contribution in [0.3, 0.4) is 0 Å². The van der Waals surface area contributed by atoms with Crippen molar-refractivity contribution in [2.45, 2.75) is 25.8 Å². The molecular formula is C17H19F2N. The van der Waals surface area contributed by atoms with Gasteiger partial charge in [-0.05, 0) is 36.1 Å². The minimum absolute atomic E-state index is 0.0913. The van der Waals surface area contributed by atoms with Crippen molar-refractivity contribution < 1.29 is 8.78 Å². The Morgan fingerprint density at radius 2 is 1.50 bits per heavy atom. The van der Waals surface area contributed by atoms with Gasteiger partial charge in [0, 0.05) is 18.7 Å². The molecule has 1 N–H and O–H groups in total. The van der Waals surface area contributed by atoms with Crippen LogP contribution in [0.15, 0.2) is 48.5 Å². The molecule has 20 heavy (non-hydrogen) atoms. The van der Waals surface area contributed by atoms with Gasteiger partial charge in [0.05, 0.1) is 0 Å². The zero-order chi connectivity index (χ0) is 14.5. The summed E-state index contributed by atoms with van der Waals surface area (Å²) in [6.07, 6.45) is 0. The molecule has 0 aromatic heterocycles. The van der Waals surface area contributed by atoms with E-state index in [9.17, 15) is 8.78 Å². The normalized spacial score (nSPS) is 14.0. The van der Waals surface area contributed by atoms with E-state index in [1.165, 1.54) is 17.7 Å². The van der Waals surface area contributed by atoms with Crippen LogP contribution in [0.1, 0.15) is 36.9 Å². The lowest BCUT2D eigenvalue weighted by molar-refractivity contribution is 0.524. The Morgan fingerprint density at radius 3 is 2.10 bits per heavy atom. The lowest BCUT2D eigenvalue weighted by atomic mass is 10.0. The summed E-state index contributed by atoms with van der Waals surface area (Å²) in [5, 5.41) is 3.32. The average molecular weight is 275 g/mol. The fraction of sp³-hybridized carbons (Fsp3) is 0.294. The molecule has 106 valence electrons. The SMILES string of the molecule is CC(CNC(C)c1cc(F)cc(F)c1)c1ccccc1. The van der Waals surface area contributed by atoms with E-state index in [1.807, 2.05) is 25.1 Å². The highest BCUT2D eigenvalue weighted by molar-refractivity contribution is 5.22. The van der Waals surface area contributed by atoms with Crippen LogP contribution in [-0.2, 0) is 0 Å². The Labute approximate surface area is 118 Å². The number of nitrogens with one attached hydrogen (secondary N) is 1. The minimum Gasteiger partial charge on any atom is -0.310 e. The van der Waals surface area contributed by atoms with E-state index in [2.05, 4.69) is 24.4 Å². The molecule has 2 unspecified atom stereocenters. The highest BCUT2D eigenvalue weighted by Gasteiger charge is 2.11. The molecule has 0 saturated heterocycles. The maximum absolute atomic E-state index is 13.2. The van der Waals surface area contributed by atoms with Crippen LogP contribution in [0.4, 0.5) is 8.78 Å². The number of rotatable bonds is 5. The Balaban J connectivity index is 1.96. The van der Waals surface area contributed by atoms with Gasteiger partial charge in [-0.1, -0.05) is 37.3 Å². The molecule has 0 spiro atoms. The first-order valence-electron chi connectivity index (χ1n) is 6.80. The second-order valence-corrected chi connectivity index (χ2v) is 5.14. The molecular weight excluding hydrogens is 256 g/mol. The summed E-state index contributed by atoms with van der Waals surface area (Å²) in [6.45, 7) is 4.79. The van der Waals surface area contributed by atoms with Gasteiger partial charge in [0.1, 0.15) is 11.6 Å². The number of halogens is 2. The summed E-state index contributed by atoms with van der Waals surface area (Å²) in [5.74, 6) is -0.730. The minimum atomic E-state index is -0.537. The van der Waals surface area contributed by atoms with Gasteiger partial charge >= 0.3 is 0 Å². The maximum Gasteiger partial charge on any atom is 0.126 e. The van der Waals surface area contributed by atoms with Gasteiger partial charge in [0.2, 0.25) is 0 Å². The van der Waals surface area contributed by atoms with Crippen LogP contribution in [0.2, 0.25) is 0 Å². The topological polar surface area (TPSA) is 12.0 Å². The molecule has 0 saturated carbocycles. The van der Waals surface area contributed by atoms with Crippen LogP contribution < -0.4 is 5.32 Å². The van der Waals surface area contributed by atoms with E-state index in [0.717, 1.165) is 12.6 Å². The second-order valence-electron chi connectivity index (χ2n) is 5.14. The Hall–Kier alpha value is -1.74. The smallest absolute Gasteiger partial charge is 0.126 e. The van der Waals surface area contributed by atoms with Crippen LogP contribution in [0.25, 0.3) is 0 Å². The molecule has 2 rings (SSSR count). The van der Waals surface area contributed by atoms with E-state index in [0.29, 0.717) is 11.5 Å². The van der Waals surface area contributed by atoms with Gasteiger partial charge in [-0.3, -0.25) is 0 Å². The number of hydrogen-bond acceptors (Lipinski definition) is 1. The molecule has 0 amide bonds. The van der Waals surface area contributed by atoms with Gasteiger partial charge in [-0.25, -0.2) is 8.78 Å². The van der Waals surface area contributed by atoms with Crippen molar-refractivity contribution in [1.29, 1.82) is 0 Å². The van der Waals surface area contributed by atoms with E-state index in [-0.39, 0.29) is 6.04 Å². The number of benzene rings is 2. The van der Waals surface area contributed by atoms with Crippen molar-refractivity contribution in [3.63, 3.8) is 0 Å². The van der Waals surface area contributed by atoms with Gasteiger partial charge in [0.15, 0.2) is 0 Å². The summed E-state index contributed by atoms with van der Waals surface area (Å²) < 4.78 is 26.4. The molecule has 3 heteroatoms. The maximum atomic E-state index is 13.2. The third-order valence-corrected chi connectivity index (χ3v) is 3.48. The number of hydrogen-bond donors (Lipinski definition) is 1. The van der Waals surface area contributed by atoms with Crippen molar-refractivity contribution in [1.82, 2.24) is 5.32 Å². The molecule has 0 aliphatic heterocycles. The second kappa shape index (κ2) is 6.62. The first-order chi connectivity index (χ1) is 9.56. The predicted octanol–water partition coefficient (Wildman–Crippen LogP) is 4.42. The summed E-state index contributed by atoms with van der Waals surface area (Å²) in [6, 6.07) is 13.7. The summed E-state index contributed by atoms with van der Waals surface area (Å²) in [4.78, 5) is 0. The zero-order valence-corrected chi connectivity index (χ0v) is 11.7. The van der Waals surface area contributed by atoms with Crippen molar-refractivity contribution >= 4 is 0 Å². The molecule has 1 nitrogen and oxygen atoms in total. The van der Waals surface area contributed by atoms with Crippen LogP contribution in [-0.4, -0.2) is 6.54 Å². The van der Waals surface area contributed by atoms with Gasteiger partial charge < -0.3 is 5.32 Å². The lowest BCUT2D eigenvalue weighted by Gasteiger charge is -2.18. The van der Waals surface area contributed by atoms with E-state index in [4.69, 9.17) is 0 Å². The van der Waals surface area contributed by atoms with E-state index < -0.39 is 11.6 Å². The van der Waals surface area contributed by atoms with Gasteiger partial charge in [0.25, 0.3) is 0 Å². The van der Waals surface area contributed by atoms with Crippen LogP contribution in [0.5, 0.6) is 0 Å². The summed E-state index contributed by atoms with van der Waals surface area (Å²) >= 11 is 0. The van der Waals surface area contributed by atoms with Crippen molar-refractivity contribution in [2.75, 3.05) is 6.54 Å². The molecule has 0 aliphatic carbocycles. The van der Waals surface area contributed by atoms with Crippen LogP contribution in [0, 0.1) is 11.6 Å². The third-order valence-electron chi connectivity index (χ3n) is 3.48. The largest absolute Gasteiger partial charge is 0.310 e. The molecule has 0 radical (unpaired) electrons. The average Bonchev–Trinajstić information content (AvgIpc) is 2.44. The fourth-order valence-electron chi connectivity index (χ4n) is 2.20. The molecule has 2 aromatic carbocycles. The monoisotopic (exact) mass is 275 g/mol. The molecule has 0 fully saturated rings. The zero-order valence-electron chi connectivity index (χ0n) is 11.7. The summed E-state index contributed by atoms with van der Waals surface area (Å²) in [7, 11) is 0. The lowest BCUT2D eigenvalue weighted by Crippen LogP contribution is -2.23. The van der Waals surface area contributed by atoms with Crippen molar-refractivity contribution in [3.05, 3.63) is 71.3 Å². The predicted molar refractivity (Wildman–Crippen MR) is 77.6 cm³/mol. The molecule has 0 heterocycles.